The van der Waals surface area contributed by atoms with Crippen LogP contribution in [0.2, 0.25) is 0 Å². The standard InChI is InChI=1S/C14H19N3O4/c1-20-6-2-5-16-13(18)8-17-11-4-3-10(15)7-12(11)21-9-14(17)19/h3-4,7H,2,5-6,8-9,15H2,1H3,(H,16,18). The number of methoxy groups -OCH3 is 1. The zero-order valence-electron chi connectivity index (χ0n) is 11.9. The van der Waals surface area contributed by atoms with Crippen LogP contribution in [0.15, 0.2) is 18.2 Å². The van der Waals surface area contributed by atoms with E-state index in [0.29, 0.717) is 30.3 Å². The number of nitrogens with zero attached hydrogens (tertiary/aromatic N) is 1. The van der Waals surface area contributed by atoms with Crippen LogP contribution in [0, 0.1) is 0 Å². The number of anilines is 2. The van der Waals surface area contributed by atoms with Gasteiger partial charge in [0.15, 0.2) is 6.61 Å². The molecule has 0 atom stereocenters. The second-order valence-corrected chi connectivity index (χ2v) is 4.69. The number of nitrogen functional groups attached to an aromatic ring is 1. The normalized spacial score (nSPS) is 13.6. The fourth-order valence-corrected chi connectivity index (χ4v) is 2.04. The summed E-state index contributed by atoms with van der Waals surface area (Å²) in [6.45, 7) is 0.970. The van der Waals surface area contributed by atoms with Crippen LogP contribution in [0.4, 0.5) is 11.4 Å². The Morgan fingerprint density at radius 2 is 2.33 bits per heavy atom. The summed E-state index contributed by atoms with van der Waals surface area (Å²) in [5, 5.41) is 2.75. The lowest BCUT2D eigenvalue weighted by Crippen LogP contribution is -2.45. The highest BCUT2D eigenvalue weighted by atomic mass is 16.5. The molecule has 0 fully saturated rings. The molecular formula is C14H19N3O4. The van der Waals surface area contributed by atoms with Gasteiger partial charge in [-0.15, -0.1) is 0 Å². The Morgan fingerprint density at radius 3 is 3.10 bits per heavy atom. The number of ether oxygens (including phenoxy) is 2. The molecule has 0 aromatic heterocycles. The molecule has 7 heteroatoms. The van der Waals surface area contributed by atoms with Crippen LogP contribution in [-0.4, -0.2) is 45.2 Å². The lowest BCUT2D eigenvalue weighted by Gasteiger charge is -2.29. The van der Waals surface area contributed by atoms with Crippen LogP contribution in [-0.2, 0) is 14.3 Å². The van der Waals surface area contributed by atoms with E-state index in [-0.39, 0.29) is 25.0 Å². The molecule has 1 aliphatic heterocycles. The SMILES string of the molecule is COCCCNC(=O)CN1C(=O)COc2cc(N)ccc21. The molecule has 2 rings (SSSR count). The summed E-state index contributed by atoms with van der Waals surface area (Å²) >= 11 is 0. The summed E-state index contributed by atoms with van der Waals surface area (Å²) in [4.78, 5) is 25.2. The molecule has 2 amide bonds. The molecule has 0 spiro atoms. The summed E-state index contributed by atoms with van der Waals surface area (Å²) in [6.07, 6.45) is 0.729. The zero-order chi connectivity index (χ0) is 15.2. The summed E-state index contributed by atoms with van der Waals surface area (Å²) in [5.41, 5.74) is 6.79. The van der Waals surface area contributed by atoms with E-state index in [1.54, 1.807) is 25.3 Å². The minimum atomic E-state index is -0.251. The number of hydrogen-bond acceptors (Lipinski definition) is 5. The number of carbonyl (C=O) groups excluding carboxylic acids is 2. The van der Waals surface area contributed by atoms with E-state index in [1.165, 1.54) is 4.90 Å². The first kappa shape index (κ1) is 15.1. The van der Waals surface area contributed by atoms with Crippen LogP contribution < -0.4 is 20.7 Å². The molecule has 1 aliphatic rings. The van der Waals surface area contributed by atoms with Crippen molar-refractivity contribution in [3.63, 3.8) is 0 Å². The Kier molecular flexibility index (Phi) is 4.99. The molecule has 114 valence electrons. The zero-order valence-corrected chi connectivity index (χ0v) is 11.9. The second kappa shape index (κ2) is 6.94. The van der Waals surface area contributed by atoms with Crippen LogP contribution in [0.5, 0.6) is 5.75 Å². The monoisotopic (exact) mass is 293 g/mol. The van der Waals surface area contributed by atoms with Crippen molar-refractivity contribution >= 4 is 23.2 Å². The fraction of sp³-hybridized carbons (Fsp3) is 0.429. The van der Waals surface area contributed by atoms with Gasteiger partial charge in [-0.3, -0.25) is 14.5 Å². The molecular weight excluding hydrogens is 274 g/mol. The van der Waals surface area contributed by atoms with Crippen LogP contribution in [0.3, 0.4) is 0 Å². The van der Waals surface area contributed by atoms with Crippen molar-refractivity contribution < 1.29 is 19.1 Å². The highest BCUT2D eigenvalue weighted by Gasteiger charge is 2.27. The van der Waals surface area contributed by atoms with E-state index in [9.17, 15) is 9.59 Å². The van der Waals surface area contributed by atoms with Crippen molar-refractivity contribution in [2.24, 2.45) is 0 Å². The predicted octanol–water partition coefficient (Wildman–Crippen LogP) is 0.147. The van der Waals surface area contributed by atoms with E-state index in [0.717, 1.165) is 6.42 Å². The molecule has 7 nitrogen and oxygen atoms in total. The third kappa shape index (κ3) is 3.85. The Bertz CT molecular complexity index is 533. The molecule has 3 N–H and O–H groups in total. The van der Waals surface area contributed by atoms with Crippen molar-refractivity contribution in [3.8, 4) is 5.75 Å². The number of nitrogens with one attached hydrogen (secondary N) is 1. The van der Waals surface area contributed by atoms with Gasteiger partial charge >= 0.3 is 0 Å². The van der Waals surface area contributed by atoms with Gasteiger partial charge in [0.2, 0.25) is 5.91 Å². The van der Waals surface area contributed by atoms with E-state index >= 15 is 0 Å². The van der Waals surface area contributed by atoms with E-state index < -0.39 is 0 Å². The lowest BCUT2D eigenvalue weighted by molar-refractivity contribution is -0.125. The minimum Gasteiger partial charge on any atom is -0.481 e. The molecule has 0 bridgehead atoms. The van der Waals surface area contributed by atoms with Gasteiger partial charge in [0, 0.05) is 32.0 Å². The quantitative estimate of drug-likeness (QED) is 0.575. The van der Waals surface area contributed by atoms with Crippen molar-refractivity contribution in [2.45, 2.75) is 6.42 Å². The van der Waals surface area contributed by atoms with Crippen LogP contribution in [0.1, 0.15) is 6.42 Å². The molecule has 1 aromatic rings. The van der Waals surface area contributed by atoms with Gasteiger partial charge < -0.3 is 20.5 Å². The van der Waals surface area contributed by atoms with E-state index in [1.807, 2.05) is 0 Å². The highest BCUT2D eigenvalue weighted by Crippen LogP contribution is 2.33. The Labute approximate surface area is 123 Å². The van der Waals surface area contributed by atoms with Crippen molar-refractivity contribution in [1.29, 1.82) is 0 Å². The third-order valence-corrected chi connectivity index (χ3v) is 3.08. The smallest absolute Gasteiger partial charge is 0.265 e. The number of fused-ring (bicyclic) bond motifs is 1. The molecule has 21 heavy (non-hydrogen) atoms. The number of rotatable bonds is 6. The average molecular weight is 293 g/mol. The number of benzene rings is 1. The van der Waals surface area contributed by atoms with Gasteiger partial charge in [0.05, 0.1) is 5.69 Å². The van der Waals surface area contributed by atoms with Gasteiger partial charge in [-0.2, -0.15) is 0 Å². The van der Waals surface area contributed by atoms with Gasteiger partial charge in [0.1, 0.15) is 12.3 Å². The van der Waals surface area contributed by atoms with E-state index in [4.69, 9.17) is 15.2 Å². The lowest BCUT2D eigenvalue weighted by atomic mass is 10.2. The predicted molar refractivity (Wildman–Crippen MR) is 78.2 cm³/mol. The number of hydrogen-bond donors (Lipinski definition) is 2. The largest absolute Gasteiger partial charge is 0.481 e. The summed E-state index contributed by atoms with van der Waals surface area (Å²) in [5.74, 6) is 0.0465. The maximum absolute atomic E-state index is 11.9. The van der Waals surface area contributed by atoms with Gasteiger partial charge in [0.25, 0.3) is 5.91 Å². The summed E-state index contributed by atoms with van der Waals surface area (Å²) < 4.78 is 10.2. The highest BCUT2D eigenvalue weighted by molar-refractivity contribution is 6.02. The molecule has 0 aliphatic carbocycles. The molecule has 0 radical (unpaired) electrons. The fourth-order valence-electron chi connectivity index (χ4n) is 2.04. The minimum absolute atomic E-state index is 0.0356. The first-order valence-electron chi connectivity index (χ1n) is 6.70. The van der Waals surface area contributed by atoms with Gasteiger partial charge in [-0.05, 0) is 18.6 Å². The summed E-state index contributed by atoms with van der Waals surface area (Å²) in [7, 11) is 1.61. The van der Waals surface area contributed by atoms with Gasteiger partial charge in [-0.1, -0.05) is 0 Å². The van der Waals surface area contributed by atoms with Crippen LogP contribution in [0.25, 0.3) is 0 Å². The molecule has 0 saturated carbocycles. The molecule has 1 aromatic carbocycles. The van der Waals surface area contributed by atoms with Crippen molar-refractivity contribution in [1.82, 2.24) is 5.32 Å². The average Bonchev–Trinajstić information content (AvgIpc) is 2.46. The Morgan fingerprint density at radius 1 is 1.52 bits per heavy atom. The third-order valence-electron chi connectivity index (χ3n) is 3.08. The Balaban J connectivity index is 1.99. The maximum atomic E-state index is 11.9. The molecule has 1 heterocycles. The van der Waals surface area contributed by atoms with E-state index in [2.05, 4.69) is 5.32 Å². The molecule has 0 unspecified atom stereocenters. The number of nitrogens with two attached hydrogens (primary N) is 1. The van der Waals surface area contributed by atoms with Crippen molar-refractivity contribution in [2.75, 3.05) is 44.0 Å². The van der Waals surface area contributed by atoms with Crippen molar-refractivity contribution in [3.05, 3.63) is 18.2 Å². The molecule has 0 saturated heterocycles. The first-order valence-corrected chi connectivity index (χ1v) is 6.70. The topological polar surface area (TPSA) is 93.9 Å². The van der Waals surface area contributed by atoms with Crippen LogP contribution >= 0.6 is 0 Å². The second-order valence-electron chi connectivity index (χ2n) is 4.69. The maximum Gasteiger partial charge on any atom is 0.265 e. The number of carbonyl (C=O) groups is 2. The van der Waals surface area contributed by atoms with Gasteiger partial charge in [-0.25, -0.2) is 0 Å². The first-order chi connectivity index (χ1) is 10.1. The summed E-state index contributed by atoms with van der Waals surface area (Å²) in [6, 6.07) is 5.00. The Hall–Kier alpha value is -2.28. The number of amides is 2.